The minimum atomic E-state index is -4.78. The summed E-state index contributed by atoms with van der Waals surface area (Å²) >= 11 is 4.86. The number of halogens is 3. The Balaban J connectivity index is 2.25. The lowest BCUT2D eigenvalue weighted by molar-refractivity contribution is -0.276. The Morgan fingerprint density at radius 2 is 1.94 bits per heavy atom. The number of rotatable bonds is 2. The third-order valence-corrected chi connectivity index (χ3v) is 2.02. The largest absolute Gasteiger partial charge is 0.574 e. The number of alkyl halides is 3. The van der Waals surface area contributed by atoms with Crippen LogP contribution in [0.25, 0.3) is 11.3 Å². The molecule has 0 aliphatic carbocycles. The van der Waals surface area contributed by atoms with Gasteiger partial charge in [-0.2, -0.15) is 5.10 Å². The molecule has 0 fully saturated rings. The number of nitrogens with zero attached hydrogens (tertiary/aromatic N) is 3. The summed E-state index contributed by atoms with van der Waals surface area (Å²) in [7, 11) is 0. The van der Waals surface area contributed by atoms with Gasteiger partial charge in [-0.25, -0.2) is 9.97 Å². The normalized spacial score (nSPS) is 11.3. The summed E-state index contributed by atoms with van der Waals surface area (Å²) in [5.41, 5.74) is 0.891. The Morgan fingerprint density at radius 1 is 1.17 bits per heavy atom. The quantitative estimate of drug-likeness (QED) is 0.852. The number of aromatic amines is 1. The zero-order valence-corrected chi connectivity index (χ0v) is 9.42. The maximum atomic E-state index is 11.9. The number of nitrogens with one attached hydrogen (secondary N) is 1. The third kappa shape index (κ3) is 3.23. The van der Waals surface area contributed by atoms with Gasteiger partial charge in [0.25, 0.3) is 0 Å². The fraction of sp³-hybridized carbons (Fsp3) is 0.111. The maximum Gasteiger partial charge on any atom is 0.574 e. The van der Waals surface area contributed by atoms with E-state index in [2.05, 4.69) is 24.9 Å². The molecule has 1 N–H and O–H groups in total. The van der Waals surface area contributed by atoms with Crippen molar-refractivity contribution in [2.45, 2.75) is 6.36 Å². The maximum absolute atomic E-state index is 11.9. The molecule has 0 aliphatic heterocycles. The molecule has 0 saturated heterocycles. The van der Waals surface area contributed by atoms with Crippen molar-refractivity contribution in [3.8, 4) is 17.1 Å². The van der Waals surface area contributed by atoms with E-state index in [0.29, 0.717) is 15.9 Å². The molecule has 0 aromatic carbocycles. The molecule has 0 spiro atoms. The molecule has 0 saturated carbocycles. The van der Waals surface area contributed by atoms with Crippen LogP contribution in [-0.2, 0) is 0 Å². The smallest absolute Gasteiger partial charge is 0.386 e. The highest BCUT2D eigenvalue weighted by Crippen LogP contribution is 2.21. The third-order valence-electron chi connectivity index (χ3n) is 1.81. The summed E-state index contributed by atoms with van der Waals surface area (Å²) in [4.78, 5) is 7.28. The average Bonchev–Trinajstić information content (AvgIpc) is 2.28. The van der Waals surface area contributed by atoms with E-state index in [1.165, 1.54) is 6.20 Å². The van der Waals surface area contributed by atoms with E-state index in [1.54, 1.807) is 6.07 Å². The molecule has 5 nitrogen and oxygen atoms in total. The molecular weight excluding hydrogens is 269 g/mol. The van der Waals surface area contributed by atoms with Gasteiger partial charge in [0.05, 0.1) is 24.3 Å². The van der Waals surface area contributed by atoms with Crippen LogP contribution in [0.1, 0.15) is 0 Å². The molecule has 2 heterocycles. The Labute approximate surface area is 104 Å². The van der Waals surface area contributed by atoms with Crippen LogP contribution in [0.3, 0.4) is 0 Å². The van der Waals surface area contributed by atoms with Gasteiger partial charge in [0, 0.05) is 5.56 Å². The SMILES string of the molecule is FC(F)(F)Oc1cnc(-c2cn[nH]c(=S)c2)cn1. The lowest BCUT2D eigenvalue weighted by Crippen LogP contribution is -2.18. The zero-order valence-electron chi connectivity index (χ0n) is 8.60. The highest BCUT2D eigenvalue weighted by molar-refractivity contribution is 7.71. The van der Waals surface area contributed by atoms with Crippen LogP contribution in [0, 0.1) is 4.64 Å². The summed E-state index contributed by atoms with van der Waals surface area (Å²) in [6.45, 7) is 0. The van der Waals surface area contributed by atoms with Crippen molar-refractivity contribution in [1.82, 2.24) is 20.2 Å². The topological polar surface area (TPSA) is 63.7 Å². The highest BCUT2D eigenvalue weighted by Gasteiger charge is 2.31. The van der Waals surface area contributed by atoms with Crippen molar-refractivity contribution in [1.29, 1.82) is 0 Å². The van der Waals surface area contributed by atoms with Crippen molar-refractivity contribution in [3.05, 3.63) is 29.3 Å². The Kier molecular flexibility index (Phi) is 3.24. The number of aromatic nitrogens is 4. The summed E-state index contributed by atoms with van der Waals surface area (Å²) < 4.78 is 39.7. The van der Waals surface area contributed by atoms with Crippen LogP contribution in [0.4, 0.5) is 13.2 Å². The van der Waals surface area contributed by atoms with Gasteiger partial charge in [-0.3, -0.25) is 5.10 Å². The monoisotopic (exact) mass is 274 g/mol. The van der Waals surface area contributed by atoms with E-state index in [-0.39, 0.29) is 0 Å². The zero-order chi connectivity index (χ0) is 13.2. The fourth-order valence-corrected chi connectivity index (χ4v) is 1.33. The van der Waals surface area contributed by atoms with Crippen molar-refractivity contribution >= 4 is 12.2 Å². The van der Waals surface area contributed by atoms with Crippen LogP contribution in [0.2, 0.25) is 0 Å². The predicted molar refractivity (Wildman–Crippen MR) is 57.1 cm³/mol. The Bertz CT molecular complexity index is 596. The van der Waals surface area contributed by atoms with Gasteiger partial charge < -0.3 is 4.74 Å². The van der Waals surface area contributed by atoms with Crippen LogP contribution in [-0.4, -0.2) is 26.5 Å². The number of H-pyrrole nitrogens is 1. The molecule has 18 heavy (non-hydrogen) atoms. The van der Waals surface area contributed by atoms with E-state index in [9.17, 15) is 13.2 Å². The second-order valence-electron chi connectivity index (χ2n) is 3.12. The molecule has 9 heteroatoms. The van der Waals surface area contributed by atoms with E-state index in [4.69, 9.17) is 12.2 Å². The number of ether oxygens (including phenoxy) is 1. The summed E-state index contributed by atoms with van der Waals surface area (Å²) in [5.74, 6) is -0.625. The summed E-state index contributed by atoms with van der Waals surface area (Å²) in [5, 5.41) is 6.26. The Hall–Kier alpha value is -2.03. The molecule has 0 aliphatic rings. The molecular formula is C9H5F3N4OS. The highest BCUT2D eigenvalue weighted by atomic mass is 32.1. The van der Waals surface area contributed by atoms with Gasteiger partial charge >= 0.3 is 6.36 Å². The lowest BCUT2D eigenvalue weighted by atomic mass is 10.2. The van der Waals surface area contributed by atoms with Gasteiger partial charge in [0.15, 0.2) is 0 Å². The van der Waals surface area contributed by atoms with Gasteiger partial charge in [-0.1, -0.05) is 12.2 Å². The molecule has 0 amide bonds. The molecule has 2 rings (SSSR count). The minimum Gasteiger partial charge on any atom is -0.386 e. The summed E-state index contributed by atoms with van der Waals surface area (Å²) in [6.07, 6.45) is -1.33. The molecule has 2 aromatic heterocycles. The van der Waals surface area contributed by atoms with Gasteiger partial charge in [0.2, 0.25) is 5.88 Å². The van der Waals surface area contributed by atoms with Crippen molar-refractivity contribution in [3.63, 3.8) is 0 Å². The van der Waals surface area contributed by atoms with Crippen LogP contribution in [0.5, 0.6) is 5.88 Å². The molecule has 0 atom stereocenters. The van der Waals surface area contributed by atoms with Crippen LogP contribution in [0.15, 0.2) is 24.7 Å². The second kappa shape index (κ2) is 4.69. The van der Waals surface area contributed by atoms with E-state index in [1.807, 2.05) is 0 Å². The average molecular weight is 274 g/mol. The molecule has 94 valence electrons. The number of hydrogen-bond donors (Lipinski definition) is 1. The van der Waals surface area contributed by atoms with E-state index >= 15 is 0 Å². The first-order valence-corrected chi connectivity index (χ1v) is 4.98. The van der Waals surface area contributed by atoms with Crippen molar-refractivity contribution < 1.29 is 17.9 Å². The lowest BCUT2D eigenvalue weighted by Gasteiger charge is -2.07. The molecule has 0 bridgehead atoms. The van der Waals surface area contributed by atoms with E-state index in [0.717, 1.165) is 12.4 Å². The predicted octanol–water partition coefficient (Wildman–Crippen LogP) is 2.49. The number of hydrogen-bond acceptors (Lipinski definition) is 5. The first kappa shape index (κ1) is 12.4. The van der Waals surface area contributed by atoms with Gasteiger partial charge in [0.1, 0.15) is 4.64 Å². The minimum absolute atomic E-state index is 0.345. The van der Waals surface area contributed by atoms with Crippen molar-refractivity contribution in [2.75, 3.05) is 0 Å². The van der Waals surface area contributed by atoms with Crippen LogP contribution >= 0.6 is 12.2 Å². The van der Waals surface area contributed by atoms with Gasteiger partial charge in [-0.15, -0.1) is 13.2 Å². The van der Waals surface area contributed by atoms with Crippen molar-refractivity contribution in [2.24, 2.45) is 0 Å². The molecule has 0 radical (unpaired) electrons. The molecule has 2 aromatic rings. The summed E-state index contributed by atoms with van der Waals surface area (Å²) in [6, 6.07) is 1.57. The first-order valence-electron chi connectivity index (χ1n) is 4.57. The fourth-order valence-electron chi connectivity index (χ4n) is 1.15. The second-order valence-corrected chi connectivity index (χ2v) is 3.56. The standard InChI is InChI=1S/C9H5F3N4OS/c10-9(11,12)17-7-4-13-6(3-14-7)5-1-8(18)16-15-2-5/h1-4H,(H,16,18). The van der Waals surface area contributed by atoms with Crippen LogP contribution < -0.4 is 4.74 Å². The molecule has 0 unspecified atom stereocenters. The van der Waals surface area contributed by atoms with E-state index < -0.39 is 12.2 Å². The van der Waals surface area contributed by atoms with Gasteiger partial charge in [-0.05, 0) is 6.07 Å². The first-order chi connectivity index (χ1) is 8.44. The Morgan fingerprint density at radius 3 is 2.50 bits per heavy atom.